The normalized spacial score (nSPS) is 14.8. The van der Waals surface area contributed by atoms with E-state index < -0.39 is 15.9 Å². The van der Waals surface area contributed by atoms with E-state index >= 15 is 0 Å². The first-order chi connectivity index (χ1) is 13.2. The summed E-state index contributed by atoms with van der Waals surface area (Å²) in [5, 5.41) is 9.73. The van der Waals surface area contributed by atoms with Crippen molar-refractivity contribution in [1.29, 1.82) is 0 Å². The number of nitrogens with zero attached hydrogens (tertiary/aromatic N) is 4. The number of sulfonamides is 1. The highest BCUT2D eigenvalue weighted by Gasteiger charge is 2.30. The van der Waals surface area contributed by atoms with Crippen molar-refractivity contribution in [2.45, 2.75) is 24.3 Å². The van der Waals surface area contributed by atoms with Gasteiger partial charge in [-0.15, -0.1) is 5.10 Å². The molecule has 1 aliphatic rings. The first-order valence-electron chi connectivity index (χ1n) is 8.18. The molecule has 1 N–H and O–H groups in total. The number of nitrogens with one attached hydrogen (secondary N) is 1. The summed E-state index contributed by atoms with van der Waals surface area (Å²) >= 11 is 0. The van der Waals surface area contributed by atoms with Gasteiger partial charge in [0.1, 0.15) is 6.54 Å². The lowest BCUT2D eigenvalue weighted by Crippen LogP contribution is -2.28. The summed E-state index contributed by atoms with van der Waals surface area (Å²) in [6.45, 7) is -0.155. The maximum absolute atomic E-state index is 12.2. The third-order valence-electron chi connectivity index (χ3n) is 4.03. The van der Waals surface area contributed by atoms with Crippen LogP contribution in [0.2, 0.25) is 0 Å². The Hall–Kier alpha value is -3.12. The molecule has 2 heterocycles. The molecule has 11 nitrogen and oxygen atoms in total. The Labute approximate surface area is 160 Å². The predicted octanol–water partition coefficient (Wildman–Crippen LogP) is 0.221. The molecule has 0 radical (unpaired) electrons. The molecule has 0 atom stereocenters. The molecule has 1 saturated heterocycles. The second-order valence-electron chi connectivity index (χ2n) is 6.14. The number of carbonyl (C=O) groups is 3. The van der Waals surface area contributed by atoms with Gasteiger partial charge in [-0.2, -0.15) is 0 Å². The summed E-state index contributed by atoms with van der Waals surface area (Å²) in [4.78, 5) is 36.5. The van der Waals surface area contributed by atoms with Crippen LogP contribution < -0.4 is 5.32 Å². The van der Waals surface area contributed by atoms with Gasteiger partial charge in [-0.1, -0.05) is 5.10 Å². The summed E-state index contributed by atoms with van der Waals surface area (Å²) in [6, 6.07) is 5.13. The number of hydrogen-bond acceptors (Lipinski definition) is 8. The van der Waals surface area contributed by atoms with E-state index in [-0.39, 0.29) is 53.6 Å². The van der Waals surface area contributed by atoms with Gasteiger partial charge in [0.15, 0.2) is 0 Å². The topological polar surface area (TPSA) is 143 Å². The molecular formula is C16H17N5O6S. The van der Waals surface area contributed by atoms with Crippen molar-refractivity contribution in [2.24, 2.45) is 0 Å². The first kappa shape index (κ1) is 19.6. The molecule has 3 rings (SSSR count). The van der Waals surface area contributed by atoms with E-state index in [9.17, 15) is 22.8 Å². The fourth-order valence-corrected chi connectivity index (χ4v) is 3.36. The van der Waals surface area contributed by atoms with Crippen LogP contribution in [-0.4, -0.2) is 59.6 Å². The van der Waals surface area contributed by atoms with E-state index in [1.807, 2.05) is 0 Å². The van der Waals surface area contributed by atoms with Gasteiger partial charge < -0.3 is 4.42 Å². The smallest absolute Gasteiger partial charge is 0.322 e. The van der Waals surface area contributed by atoms with Crippen LogP contribution in [0, 0.1) is 0 Å². The number of likely N-dealkylation sites (tertiary alicyclic amines) is 1. The van der Waals surface area contributed by atoms with Gasteiger partial charge in [-0.05, 0) is 24.3 Å². The third-order valence-corrected chi connectivity index (χ3v) is 5.86. The summed E-state index contributed by atoms with van der Waals surface area (Å²) in [5.74, 6) is -1.22. The summed E-state index contributed by atoms with van der Waals surface area (Å²) in [6.07, 6.45) is 0.298. The minimum absolute atomic E-state index is 0.00586. The Balaban J connectivity index is 1.66. The highest BCUT2D eigenvalue weighted by Crippen LogP contribution is 2.17. The summed E-state index contributed by atoms with van der Waals surface area (Å²) in [7, 11) is -0.776. The van der Waals surface area contributed by atoms with Crippen LogP contribution in [-0.2, 0) is 26.2 Å². The van der Waals surface area contributed by atoms with Crippen molar-refractivity contribution in [3.05, 3.63) is 35.7 Å². The lowest BCUT2D eigenvalue weighted by Gasteiger charge is -2.11. The Morgan fingerprint density at radius 1 is 1.14 bits per heavy atom. The number of rotatable bonds is 6. The Kier molecular flexibility index (Phi) is 5.25. The second kappa shape index (κ2) is 7.48. The molecule has 148 valence electrons. The lowest BCUT2D eigenvalue weighted by atomic mass is 10.2. The fourth-order valence-electron chi connectivity index (χ4n) is 2.46. The van der Waals surface area contributed by atoms with Crippen LogP contribution in [0.15, 0.2) is 33.6 Å². The molecular weight excluding hydrogens is 390 g/mol. The van der Waals surface area contributed by atoms with Crippen molar-refractivity contribution >= 4 is 33.8 Å². The highest BCUT2D eigenvalue weighted by atomic mass is 32.2. The fraction of sp³-hybridized carbons (Fsp3) is 0.312. The molecule has 1 aliphatic heterocycles. The molecule has 28 heavy (non-hydrogen) atoms. The van der Waals surface area contributed by atoms with Crippen molar-refractivity contribution in [1.82, 2.24) is 19.4 Å². The van der Waals surface area contributed by atoms with E-state index in [0.717, 1.165) is 9.21 Å². The molecule has 1 aromatic carbocycles. The van der Waals surface area contributed by atoms with E-state index in [1.54, 1.807) is 0 Å². The number of anilines is 1. The maximum Gasteiger partial charge on any atom is 0.322 e. The average molecular weight is 407 g/mol. The van der Waals surface area contributed by atoms with E-state index in [4.69, 9.17) is 4.42 Å². The van der Waals surface area contributed by atoms with E-state index in [1.165, 1.54) is 38.4 Å². The second-order valence-corrected chi connectivity index (χ2v) is 8.29. The van der Waals surface area contributed by atoms with Gasteiger partial charge in [0.25, 0.3) is 5.91 Å². The maximum atomic E-state index is 12.2. The molecule has 2 aromatic rings. The van der Waals surface area contributed by atoms with Gasteiger partial charge in [0.2, 0.25) is 27.7 Å². The minimum atomic E-state index is -3.59. The molecule has 0 bridgehead atoms. The van der Waals surface area contributed by atoms with Gasteiger partial charge in [-0.3, -0.25) is 24.6 Å². The minimum Gasteiger partial charge on any atom is -0.406 e. The summed E-state index contributed by atoms with van der Waals surface area (Å²) in [5.41, 5.74) is 0.183. The van der Waals surface area contributed by atoms with Crippen molar-refractivity contribution < 1.29 is 27.2 Å². The van der Waals surface area contributed by atoms with E-state index in [0.29, 0.717) is 0 Å². The first-order valence-corrected chi connectivity index (χ1v) is 9.62. The van der Waals surface area contributed by atoms with Crippen molar-refractivity contribution in [3.63, 3.8) is 0 Å². The van der Waals surface area contributed by atoms with Crippen molar-refractivity contribution in [2.75, 3.05) is 19.4 Å². The highest BCUT2D eigenvalue weighted by molar-refractivity contribution is 7.89. The largest absolute Gasteiger partial charge is 0.406 e. The molecule has 12 heteroatoms. The monoisotopic (exact) mass is 407 g/mol. The molecule has 0 unspecified atom stereocenters. The SMILES string of the molecule is CN(C)S(=O)(=O)c1ccc(C(=O)Nc2nnc(CN3C(=O)CCC3=O)o2)cc1. The number of amides is 3. The van der Waals surface area contributed by atoms with E-state index in [2.05, 4.69) is 15.5 Å². The number of imide groups is 1. The zero-order valence-corrected chi connectivity index (χ0v) is 15.9. The number of hydrogen-bond donors (Lipinski definition) is 1. The van der Waals surface area contributed by atoms with Crippen LogP contribution in [0.25, 0.3) is 0 Å². The van der Waals surface area contributed by atoms with Gasteiger partial charge in [-0.25, -0.2) is 12.7 Å². The van der Waals surface area contributed by atoms with Gasteiger partial charge in [0.05, 0.1) is 4.90 Å². The number of benzene rings is 1. The molecule has 1 aromatic heterocycles. The van der Waals surface area contributed by atoms with Crippen molar-refractivity contribution in [3.8, 4) is 0 Å². The Morgan fingerprint density at radius 3 is 2.32 bits per heavy atom. The van der Waals surface area contributed by atoms with Crippen LogP contribution in [0.3, 0.4) is 0 Å². The third kappa shape index (κ3) is 3.92. The zero-order valence-electron chi connectivity index (χ0n) is 15.1. The summed E-state index contributed by atoms with van der Waals surface area (Å²) < 4.78 is 30.4. The van der Waals surface area contributed by atoms with Crippen LogP contribution in [0.4, 0.5) is 6.01 Å². The Morgan fingerprint density at radius 2 is 1.75 bits per heavy atom. The molecule has 3 amide bonds. The molecule has 1 fully saturated rings. The standard InChI is InChI=1S/C16H17N5O6S/c1-20(2)28(25,26)11-5-3-10(4-6-11)15(24)17-16-19-18-12(27-16)9-21-13(22)7-8-14(21)23/h3-6H,7-9H2,1-2H3,(H,17,19,24). The average Bonchev–Trinajstić information content (AvgIpc) is 3.23. The van der Waals surface area contributed by atoms with Gasteiger partial charge in [0, 0.05) is 32.5 Å². The predicted molar refractivity (Wildman–Crippen MR) is 94.4 cm³/mol. The molecule has 0 saturated carbocycles. The van der Waals surface area contributed by atoms with Crippen LogP contribution >= 0.6 is 0 Å². The zero-order chi connectivity index (χ0) is 20.5. The van der Waals surface area contributed by atoms with Crippen LogP contribution in [0.5, 0.6) is 0 Å². The van der Waals surface area contributed by atoms with Gasteiger partial charge >= 0.3 is 6.01 Å². The van der Waals surface area contributed by atoms with Crippen LogP contribution in [0.1, 0.15) is 29.1 Å². The molecule has 0 spiro atoms. The quantitative estimate of drug-likeness (QED) is 0.670. The Bertz CT molecular complexity index is 1010. The molecule has 0 aliphatic carbocycles. The number of aromatic nitrogens is 2. The lowest BCUT2D eigenvalue weighted by molar-refractivity contribution is -0.139. The number of carbonyl (C=O) groups excluding carboxylic acids is 3.